The summed E-state index contributed by atoms with van der Waals surface area (Å²) in [6, 6.07) is 0. The average Bonchev–Trinajstić information content (AvgIpc) is 2.83. The van der Waals surface area contributed by atoms with Gasteiger partial charge in [-0.2, -0.15) is 5.10 Å². The molecule has 0 saturated heterocycles. The number of aromatic nitrogens is 3. The highest BCUT2D eigenvalue weighted by Crippen LogP contribution is 2.32. The van der Waals surface area contributed by atoms with Gasteiger partial charge in [0.25, 0.3) is 0 Å². The molecule has 26 heavy (non-hydrogen) atoms. The molecule has 2 aromatic heterocycles. The van der Waals surface area contributed by atoms with Crippen LogP contribution in [-0.4, -0.2) is 34.5 Å². The van der Waals surface area contributed by atoms with Gasteiger partial charge in [-0.25, -0.2) is 17.9 Å². The zero-order chi connectivity index (χ0) is 18.6. The smallest absolute Gasteiger partial charge is 0.184 e. The van der Waals surface area contributed by atoms with Crippen LogP contribution >= 0.6 is 11.8 Å². The SMILES string of the molecule is C=CCSc1nn2c3c(cnc2c1S(=O)(=O)CCCCC)CCCCC3. The van der Waals surface area contributed by atoms with Crippen molar-refractivity contribution in [3.05, 3.63) is 30.1 Å². The second-order valence-electron chi connectivity index (χ2n) is 6.79. The molecule has 0 atom stereocenters. The lowest BCUT2D eigenvalue weighted by molar-refractivity contribution is 0.589. The van der Waals surface area contributed by atoms with E-state index in [2.05, 4.69) is 23.6 Å². The first-order valence-electron chi connectivity index (χ1n) is 9.44. The van der Waals surface area contributed by atoms with Gasteiger partial charge < -0.3 is 0 Å². The van der Waals surface area contributed by atoms with Crippen LogP contribution in [0.5, 0.6) is 0 Å². The van der Waals surface area contributed by atoms with Gasteiger partial charge in [0.15, 0.2) is 15.5 Å². The van der Waals surface area contributed by atoms with Crippen molar-refractivity contribution in [1.82, 2.24) is 14.6 Å². The van der Waals surface area contributed by atoms with Crippen molar-refractivity contribution in [2.75, 3.05) is 11.5 Å². The number of fused-ring (bicyclic) bond motifs is 3. The Balaban J connectivity index is 2.13. The molecule has 5 nitrogen and oxygen atoms in total. The molecule has 0 bridgehead atoms. The number of rotatable bonds is 8. The quantitative estimate of drug-likeness (QED) is 0.290. The van der Waals surface area contributed by atoms with Gasteiger partial charge in [-0.05, 0) is 37.7 Å². The molecule has 0 aromatic carbocycles. The van der Waals surface area contributed by atoms with Crippen LogP contribution in [0.2, 0.25) is 0 Å². The van der Waals surface area contributed by atoms with Gasteiger partial charge in [-0.15, -0.1) is 6.58 Å². The molecule has 0 saturated carbocycles. The number of nitrogens with zero attached hydrogens (tertiary/aromatic N) is 3. The molecule has 0 unspecified atom stereocenters. The summed E-state index contributed by atoms with van der Waals surface area (Å²) >= 11 is 1.43. The summed E-state index contributed by atoms with van der Waals surface area (Å²) in [6.45, 7) is 5.82. The maximum Gasteiger partial charge on any atom is 0.184 e. The van der Waals surface area contributed by atoms with Crippen molar-refractivity contribution in [3.63, 3.8) is 0 Å². The van der Waals surface area contributed by atoms with Gasteiger partial charge >= 0.3 is 0 Å². The van der Waals surface area contributed by atoms with E-state index in [4.69, 9.17) is 0 Å². The lowest BCUT2D eigenvalue weighted by Gasteiger charge is -2.08. The second-order valence-corrected chi connectivity index (χ2v) is 9.84. The van der Waals surface area contributed by atoms with E-state index in [1.165, 1.54) is 23.7 Å². The minimum Gasteiger partial charge on any atom is -0.236 e. The molecule has 2 heterocycles. The van der Waals surface area contributed by atoms with Gasteiger partial charge in [0.1, 0.15) is 9.92 Å². The van der Waals surface area contributed by atoms with E-state index in [1.807, 2.05) is 6.20 Å². The first-order chi connectivity index (χ1) is 12.6. The molecular formula is C19H27N3O2S2. The highest BCUT2D eigenvalue weighted by molar-refractivity contribution is 8.00. The number of hydrogen-bond acceptors (Lipinski definition) is 5. The highest BCUT2D eigenvalue weighted by Gasteiger charge is 2.28. The summed E-state index contributed by atoms with van der Waals surface area (Å²) in [5.74, 6) is 0.784. The van der Waals surface area contributed by atoms with Crippen molar-refractivity contribution in [3.8, 4) is 0 Å². The second kappa shape index (κ2) is 8.57. The zero-order valence-corrected chi connectivity index (χ0v) is 17.0. The lowest BCUT2D eigenvalue weighted by atomic mass is 10.1. The van der Waals surface area contributed by atoms with Gasteiger partial charge in [0.2, 0.25) is 0 Å². The van der Waals surface area contributed by atoms with Crippen molar-refractivity contribution < 1.29 is 8.42 Å². The van der Waals surface area contributed by atoms with E-state index >= 15 is 0 Å². The van der Waals surface area contributed by atoms with Crippen LogP contribution in [0.3, 0.4) is 0 Å². The number of thioether (sulfide) groups is 1. The lowest BCUT2D eigenvalue weighted by Crippen LogP contribution is -2.09. The number of unbranched alkanes of at least 4 members (excludes halogenated alkanes) is 2. The molecule has 1 aliphatic carbocycles. The molecule has 0 aliphatic heterocycles. The van der Waals surface area contributed by atoms with Crippen LogP contribution in [0.1, 0.15) is 56.7 Å². The fourth-order valence-electron chi connectivity index (χ4n) is 3.44. The van der Waals surface area contributed by atoms with E-state index in [-0.39, 0.29) is 5.75 Å². The van der Waals surface area contributed by atoms with Crippen LogP contribution in [0.25, 0.3) is 5.65 Å². The van der Waals surface area contributed by atoms with Crippen LogP contribution < -0.4 is 0 Å². The first-order valence-corrected chi connectivity index (χ1v) is 12.1. The van der Waals surface area contributed by atoms with E-state index in [0.717, 1.165) is 44.2 Å². The number of hydrogen-bond donors (Lipinski definition) is 0. The topological polar surface area (TPSA) is 64.3 Å². The van der Waals surface area contributed by atoms with Crippen molar-refractivity contribution in [2.45, 2.75) is 68.2 Å². The molecule has 0 radical (unpaired) electrons. The Labute approximate surface area is 160 Å². The summed E-state index contributed by atoms with van der Waals surface area (Å²) in [4.78, 5) is 4.85. The minimum absolute atomic E-state index is 0.155. The van der Waals surface area contributed by atoms with Crippen molar-refractivity contribution >= 4 is 27.2 Å². The molecule has 7 heteroatoms. The molecule has 0 fully saturated rings. The van der Waals surface area contributed by atoms with Crippen LogP contribution in [0, 0.1) is 0 Å². The normalized spacial score (nSPS) is 15.0. The Morgan fingerprint density at radius 3 is 2.85 bits per heavy atom. The molecule has 2 aromatic rings. The fourth-order valence-corrected chi connectivity index (χ4v) is 6.14. The third-order valence-corrected chi connectivity index (χ3v) is 7.70. The Morgan fingerprint density at radius 1 is 1.27 bits per heavy atom. The third-order valence-electron chi connectivity index (χ3n) is 4.78. The van der Waals surface area contributed by atoms with Gasteiger partial charge in [-0.1, -0.05) is 44.0 Å². The molecular weight excluding hydrogens is 366 g/mol. The summed E-state index contributed by atoms with van der Waals surface area (Å²) in [5.41, 5.74) is 2.82. The van der Waals surface area contributed by atoms with Crippen molar-refractivity contribution in [2.24, 2.45) is 0 Å². The van der Waals surface area contributed by atoms with Crippen molar-refractivity contribution in [1.29, 1.82) is 0 Å². The summed E-state index contributed by atoms with van der Waals surface area (Å²) in [6.07, 6.45) is 11.6. The third kappa shape index (κ3) is 3.98. The largest absolute Gasteiger partial charge is 0.236 e. The number of aryl methyl sites for hydroxylation is 2. The van der Waals surface area contributed by atoms with E-state index in [9.17, 15) is 8.42 Å². The van der Waals surface area contributed by atoms with Crippen LogP contribution in [-0.2, 0) is 22.7 Å². The van der Waals surface area contributed by atoms with Gasteiger partial charge in [0.05, 0.1) is 5.75 Å². The summed E-state index contributed by atoms with van der Waals surface area (Å²) < 4.78 is 27.9. The molecule has 1 aliphatic rings. The predicted octanol–water partition coefficient (Wildman–Crippen LogP) is 4.24. The van der Waals surface area contributed by atoms with Crippen LogP contribution in [0.4, 0.5) is 0 Å². The Morgan fingerprint density at radius 2 is 2.08 bits per heavy atom. The summed E-state index contributed by atoms with van der Waals surface area (Å²) in [7, 11) is -3.41. The maximum atomic E-state index is 13.1. The maximum absolute atomic E-state index is 13.1. The van der Waals surface area contributed by atoms with Gasteiger partial charge in [0, 0.05) is 17.6 Å². The summed E-state index contributed by atoms with van der Waals surface area (Å²) in [5, 5.41) is 5.25. The Kier molecular flexibility index (Phi) is 6.40. The van der Waals surface area contributed by atoms with E-state index in [1.54, 1.807) is 10.6 Å². The molecule has 3 rings (SSSR count). The average molecular weight is 394 g/mol. The first kappa shape index (κ1) is 19.4. The monoisotopic (exact) mass is 393 g/mol. The Bertz CT molecular complexity index is 888. The number of sulfone groups is 1. The molecule has 142 valence electrons. The van der Waals surface area contributed by atoms with Gasteiger partial charge in [-0.3, -0.25) is 0 Å². The zero-order valence-electron chi connectivity index (χ0n) is 15.4. The van der Waals surface area contributed by atoms with E-state index in [0.29, 0.717) is 27.7 Å². The minimum atomic E-state index is -3.41. The van der Waals surface area contributed by atoms with E-state index < -0.39 is 9.84 Å². The predicted molar refractivity (Wildman–Crippen MR) is 107 cm³/mol. The highest BCUT2D eigenvalue weighted by atomic mass is 32.2. The Hall–Kier alpha value is -1.34. The molecule has 0 N–H and O–H groups in total. The molecule has 0 spiro atoms. The standard InChI is InChI=1S/C19H27N3O2S2/c1-3-5-9-13-26(23,24)17-18-20-14-15-10-7-6-8-11-16(15)22(18)21-19(17)25-12-4-2/h4,14H,2-3,5-13H2,1H3. The van der Waals surface area contributed by atoms with Crippen LogP contribution in [0.15, 0.2) is 28.8 Å². The molecule has 0 amide bonds. The fraction of sp³-hybridized carbons (Fsp3) is 0.579.